The lowest BCUT2D eigenvalue weighted by Crippen LogP contribution is -2.50. The maximum atomic E-state index is 12.9. The van der Waals surface area contributed by atoms with Gasteiger partial charge in [-0.25, -0.2) is 0 Å². The number of carbonyl (C=O) groups excluding carboxylic acids is 3. The lowest BCUT2D eigenvalue weighted by molar-refractivity contribution is -0.384. The van der Waals surface area contributed by atoms with Crippen molar-refractivity contribution >= 4 is 40.5 Å². The quantitative estimate of drug-likeness (QED) is 0.539. The summed E-state index contributed by atoms with van der Waals surface area (Å²) in [5.74, 6) is -1.07. The first kappa shape index (κ1) is 21.8. The molecule has 0 saturated carbocycles. The Hall–Kier alpha value is -3.95. The normalized spacial score (nSPS) is 15.2. The number of nitrogens with zero attached hydrogens (tertiary/aromatic N) is 2. The Bertz CT molecular complexity index is 1030. The van der Waals surface area contributed by atoms with Crippen molar-refractivity contribution in [1.29, 1.82) is 0 Å². The fourth-order valence-corrected chi connectivity index (χ4v) is 3.16. The monoisotopic (exact) mass is 426 g/mol. The predicted molar refractivity (Wildman–Crippen MR) is 114 cm³/mol. The number of amides is 3. The van der Waals surface area contributed by atoms with Crippen LogP contribution >= 0.6 is 0 Å². The number of fused-ring (bicyclic) bond motifs is 1. The van der Waals surface area contributed by atoms with E-state index in [4.69, 9.17) is 4.74 Å². The molecule has 0 radical (unpaired) electrons. The molecule has 0 aliphatic carbocycles. The van der Waals surface area contributed by atoms with Gasteiger partial charge in [-0.05, 0) is 36.2 Å². The van der Waals surface area contributed by atoms with Crippen LogP contribution in [0.5, 0.6) is 5.75 Å². The summed E-state index contributed by atoms with van der Waals surface area (Å²) < 4.78 is 5.71. The zero-order valence-electron chi connectivity index (χ0n) is 17.2. The van der Waals surface area contributed by atoms with E-state index in [0.717, 1.165) is 0 Å². The van der Waals surface area contributed by atoms with Crippen molar-refractivity contribution in [1.82, 2.24) is 0 Å². The molecule has 1 unspecified atom stereocenters. The second-order valence-corrected chi connectivity index (χ2v) is 7.42. The summed E-state index contributed by atoms with van der Waals surface area (Å²) in [7, 11) is 0. The highest BCUT2D eigenvalue weighted by atomic mass is 16.6. The number of hydrogen-bond donors (Lipinski definition) is 2. The topological polar surface area (TPSA) is 131 Å². The Morgan fingerprint density at radius 3 is 2.29 bits per heavy atom. The molecule has 0 fully saturated rings. The first-order valence-electron chi connectivity index (χ1n) is 9.59. The van der Waals surface area contributed by atoms with Crippen LogP contribution in [0, 0.1) is 16.0 Å². The van der Waals surface area contributed by atoms with E-state index in [-0.39, 0.29) is 29.8 Å². The van der Waals surface area contributed by atoms with Gasteiger partial charge in [0, 0.05) is 24.4 Å². The van der Waals surface area contributed by atoms with Crippen LogP contribution in [-0.2, 0) is 14.4 Å². The minimum atomic E-state index is -0.862. The molecule has 0 spiro atoms. The third-order valence-corrected chi connectivity index (χ3v) is 4.60. The molecule has 2 aromatic rings. The first-order valence-corrected chi connectivity index (χ1v) is 9.59. The van der Waals surface area contributed by atoms with Crippen molar-refractivity contribution in [2.24, 2.45) is 5.92 Å². The predicted octanol–water partition coefficient (Wildman–Crippen LogP) is 2.94. The number of ether oxygens (including phenoxy) is 1. The largest absolute Gasteiger partial charge is 0.478 e. The third kappa shape index (κ3) is 4.97. The zero-order chi connectivity index (χ0) is 22.7. The number of carbonyl (C=O) groups is 3. The number of anilines is 3. The summed E-state index contributed by atoms with van der Waals surface area (Å²) in [4.78, 5) is 48.5. The van der Waals surface area contributed by atoms with Gasteiger partial charge in [0.15, 0.2) is 11.9 Å². The Balaban J connectivity index is 1.80. The average molecular weight is 426 g/mol. The van der Waals surface area contributed by atoms with E-state index in [1.807, 2.05) is 0 Å². The summed E-state index contributed by atoms with van der Waals surface area (Å²) in [6, 6.07) is 10.4. The highest BCUT2D eigenvalue weighted by Gasteiger charge is 2.38. The van der Waals surface area contributed by atoms with E-state index in [2.05, 4.69) is 10.6 Å². The minimum Gasteiger partial charge on any atom is -0.478 e. The molecule has 0 aromatic heterocycles. The van der Waals surface area contributed by atoms with Crippen molar-refractivity contribution < 1.29 is 24.0 Å². The highest BCUT2D eigenvalue weighted by Crippen LogP contribution is 2.38. The Labute approximate surface area is 178 Å². The van der Waals surface area contributed by atoms with Crippen LogP contribution in [0.15, 0.2) is 42.5 Å². The molecular weight excluding hydrogens is 404 g/mol. The molecule has 3 amide bonds. The van der Waals surface area contributed by atoms with Crippen LogP contribution in [0.4, 0.5) is 22.7 Å². The van der Waals surface area contributed by atoms with Crippen LogP contribution in [0.2, 0.25) is 0 Å². The van der Waals surface area contributed by atoms with Gasteiger partial charge in [0.05, 0.1) is 16.7 Å². The number of rotatable bonds is 6. The summed E-state index contributed by atoms with van der Waals surface area (Å²) in [6.07, 6.45) is -0.862. The van der Waals surface area contributed by atoms with Gasteiger partial charge in [0.1, 0.15) is 6.54 Å². The molecule has 162 valence electrons. The Kier molecular flexibility index (Phi) is 6.19. The molecule has 2 N–H and O–H groups in total. The van der Waals surface area contributed by atoms with E-state index >= 15 is 0 Å². The van der Waals surface area contributed by atoms with E-state index in [0.29, 0.717) is 17.1 Å². The number of non-ortho nitro benzene ring substituents is 1. The molecule has 3 rings (SSSR count). The molecule has 0 saturated heterocycles. The average Bonchev–Trinajstić information content (AvgIpc) is 2.70. The number of nitrogens with one attached hydrogen (secondary N) is 2. The first-order chi connectivity index (χ1) is 14.7. The van der Waals surface area contributed by atoms with Gasteiger partial charge in [-0.2, -0.15) is 0 Å². The summed E-state index contributed by atoms with van der Waals surface area (Å²) in [5, 5.41) is 16.4. The standard InChI is InChI=1S/C21H22N4O6/c1-12(2)20-21(28)24(17-9-8-16(25(29)30)10-18(17)31-20)11-19(27)23-15-6-4-14(5-7-15)22-13(3)26/h4-10,12,20H,11H2,1-3H3,(H,22,26)(H,23,27). The lowest BCUT2D eigenvalue weighted by Gasteiger charge is -2.35. The van der Waals surface area contributed by atoms with E-state index in [9.17, 15) is 24.5 Å². The molecule has 2 aromatic carbocycles. The van der Waals surface area contributed by atoms with E-state index < -0.39 is 22.8 Å². The SMILES string of the molecule is CC(=O)Nc1ccc(NC(=O)CN2C(=O)C(C(C)C)Oc3cc([N+](=O)[O-])ccc32)cc1. The fourth-order valence-electron chi connectivity index (χ4n) is 3.16. The second kappa shape index (κ2) is 8.82. The van der Waals surface area contributed by atoms with Crippen LogP contribution in [0.3, 0.4) is 0 Å². The molecule has 1 aliphatic rings. The number of benzene rings is 2. The lowest BCUT2D eigenvalue weighted by atomic mass is 10.0. The smallest absolute Gasteiger partial charge is 0.273 e. The van der Waals surface area contributed by atoms with Crippen LogP contribution < -0.4 is 20.3 Å². The van der Waals surface area contributed by atoms with Crippen molar-refractivity contribution in [3.05, 3.63) is 52.6 Å². The number of nitro benzene ring substituents is 1. The van der Waals surface area contributed by atoms with Gasteiger partial charge in [-0.1, -0.05) is 13.8 Å². The summed E-state index contributed by atoms with van der Waals surface area (Å²) >= 11 is 0. The molecule has 31 heavy (non-hydrogen) atoms. The number of hydrogen-bond acceptors (Lipinski definition) is 6. The maximum Gasteiger partial charge on any atom is 0.273 e. The van der Waals surface area contributed by atoms with Gasteiger partial charge in [-0.15, -0.1) is 0 Å². The summed E-state index contributed by atoms with van der Waals surface area (Å²) in [6.45, 7) is 4.69. The van der Waals surface area contributed by atoms with Crippen LogP contribution in [-0.4, -0.2) is 35.3 Å². The summed E-state index contributed by atoms with van der Waals surface area (Å²) in [5.41, 5.74) is 1.20. The molecular formula is C21H22N4O6. The maximum absolute atomic E-state index is 12.9. The van der Waals surface area contributed by atoms with Gasteiger partial charge in [-0.3, -0.25) is 29.4 Å². The fraction of sp³-hybridized carbons (Fsp3) is 0.286. The van der Waals surface area contributed by atoms with Gasteiger partial charge in [0.25, 0.3) is 11.6 Å². The molecule has 1 heterocycles. The zero-order valence-corrected chi connectivity index (χ0v) is 17.2. The minimum absolute atomic E-state index is 0.167. The highest BCUT2D eigenvalue weighted by molar-refractivity contribution is 6.06. The van der Waals surface area contributed by atoms with Gasteiger partial charge >= 0.3 is 0 Å². The van der Waals surface area contributed by atoms with Crippen molar-refractivity contribution in [2.45, 2.75) is 26.9 Å². The van der Waals surface area contributed by atoms with Crippen LogP contribution in [0.1, 0.15) is 20.8 Å². The van der Waals surface area contributed by atoms with Gasteiger partial charge in [0.2, 0.25) is 11.8 Å². The molecule has 10 heteroatoms. The number of nitro groups is 1. The van der Waals surface area contributed by atoms with Gasteiger partial charge < -0.3 is 15.4 Å². The van der Waals surface area contributed by atoms with Crippen molar-refractivity contribution in [3.63, 3.8) is 0 Å². The Morgan fingerprint density at radius 1 is 1.13 bits per heavy atom. The molecule has 1 atom stereocenters. The van der Waals surface area contributed by atoms with Crippen molar-refractivity contribution in [2.75, 3.05) is 22.1 Å². The van der Waals surface area contributed by atoms with E-state index in [1.54, 1.807) is 38.1 Å². The Morgan fingerprint density at radius 2 is 1.74 bits per heavy atom. The van der Waals surface area contributed by atoms with E-state index in [1.165, 1.54) is 30.0 Å². The molecule has 10 nitrogen and oxygen atoms in total. The second-order valence-electron chi connectivity index (χ2n) is 7.42. The molecule has 1 aliphatic heterocycles. The molecule has 0 bridgehead atoms. The van der Waals surface area contributed by atoms with Crippen molar-refractivity contribution in [3.8, 4) is 5.75 Å². The third-order valence-electron chi connectivity index (χ3n) is 4.60. The van der Waals surface area contributed by atoms with Crippen LogP contribution in [0.25, 0.3) is 0 Å².